The van der Waals surface area contributed by atoms with Gasteiger partial charge in [0.15, 0.2) is 0 Å². The molecule has 2 amide bonds. The summed E-state index contributed by atoms with van der Waals surface area (Å²) in [5.74, 6) is 0. The molecule has 0 bridgehead atoms. The van der Waals surface area contributed by atoms with Crippen molar-refractivity contribution in [3.05, 3.63) is 17.8 Å². The third-order valence-corrected chi connectivity index (χ3v) is 4.07. The number of nitrogens with one attached hydrogen (secondary N) is 2. The number of hydrogen-bond acceptors (Lipinski definition) is 5. The van der Waals surface area contributed by atoms with Gasteiger partial charge in [-0.3, -0.25) is 5.10 Å². The lowest BCUT2D eigenvalue weighted by molar-refractivity contribution is 0.0972. The molecule has 7 nitrogen and oxygen atoms in total. The van der Waals surface area contributed by atoms with Crippen molar-refractivity contribution in [1.29, 1.82) is 0 Å². The molecule has 1 fully saturated rings. The van der Waals surface area contributed by atoms with Crippen molar-refractivity contribution >= 4 is 23.1 Å². The summed E-state index contributed by atoms with van der Waals surface area (Å²) in [7, 11) is 0. The molecule has 0 atom stereocenters. The van der Waals surface area contributed by atoms with Crippen molar-refractivity contribution < 1.29 is 9.90 Å². The topological polar surface area (TPSA) is 94.1 Å². The number of carbonyl (C=O) groups is 1. The quantitative estimate of drug-likeness (QED) is 0.782. The predicted octanol–water partition coefficient (Wildman–Crippen LogP) is 1.52. The fourth-order valence-electron chi connectivity index (χ4n) is 2.15. The summed E-state index contributed by atoms with van der Waals surface area (Å²) in [6, 6.07) is -0.170. The number of aliphatic hydroxyl groups is 1. The first-order valence-corrected chi connectivity index (χ1v) is 7.29. The number of nitrogens with zero attached hydrogens (tertiary/aromatic N) is 3. The minimum Gasteiger partial charge on any atom is -0.393 e. The van der Waals surface area contributed by atoms with Crippen LogP contribution in [0.4, 0.5) is 10.5 Å². The maximum Gasteiger partial charge on any atom is 0.321 e. The van der Waals surface area contributed by atoms with E-state index in [0.29, 0.717) is 37.3 Å². The van der Waals surface area contributed by atoms with E-state index in [9.17, 15) is 9.90 Å². The fraction of sp³-hybridized carbons (Fsp3) is 0.417. The molecule has 3 rings (SSSR count). The Morgan fingerprint density at radius 2 is 2.30 bits per heavy atom. The van der Waals surface area contributed by atoms with Crippen molar-refractivity contribution in [2.24, 2.45) is 0 Å². The minimum absolute atomic E-state index is 0.170. The van der Waals surface area contributed by atoms with Crippen LogP contribution in [-0.2, 0) is 0 Å². The van der Waals surface area contributed by atoms with Crippen molar-refractivity contribution in [2.45, 2.75) is 18.9 Å². The number of aliphatic hydroxyl groups excluding tert-OH is 1. The van der Waals surface area contributed by atoms with Crippen LogP contribution in [0.1, 0.15) is 12.8 Å². The van der Waals surface area contributed by atoms with Gasteiger partial charge in [0.25, 0.3) is 0 Å². The van der Waals surface area contributed by atoms with Crippen molar-refractivity contribution in [1.82, 2.24) is 20.1 Å². The second kappa shape index (κ2) is 5.59. The molecule has 8 heteroatoms. The Balaban J connectivity index is 1.69. The number of piperidine rings is 1. The summed E-state index contributed by atoms with van der Waals surface area (Å²) in [5, 5.41) is 21.8. The van der Waals surface area contributed by atoms with Gasteiger partial charge >= 0.3 is 6.03 Å². The highest BCUT2D eigenvalue weighted by Gasteiger charge is 2.22. The van der Waals surface area contributed by atoms with Gasteiger partial charge in [0, 0.05) is 24.7 Å². The molecular weight excluding hydrogens is 278 g/mol. The second-order valence-corrected chi connectivity index (χ2v) is 5.54. The smallest absolute Gasteiger partial charge is 0.321 e. The summed E-state index contributed by atoms with van der Waals surface area (Å²) in [6.07, 6.45) is 4.24. The monoisotopic (exact) mass is 293 g/mol. The number of aromatic nitrogens is 3. The number of hydrogen-bond donors (Lipinski definition) is 3. The average Bonchev–Trinajstić information content (AvgIpc) is 3.09. The molecule has 2 aromatic heterocycles. The molecule has 0 aliphatic carbocycles. The van der Waals surface area contributed by atoms with Crippen LogP contribution in [0.15, 0.2) is 17.8 Å². The molecule has 3 heterocycles. The first-order valence-electron chi connectivity index (χ1n) is 6.41. The Hall–Kier alpha value is -1.93. The number of carbonyl (C=O) groups excluding carboxylic acids is 1. The number of rotatable bonds is 2. The van der Waals surface area contributed by atoms with E-state index in [1.807, 2.05) is 5.38 Å². The Kier molecular flexibility index (Phi) is 3.66. The molecule has 0 spiro atoms. The van der Waals surface area contributed by atoms with Crippen LogP contribution in [0.3, 0.4) is 0 Å². The van der Waals surface area contributed by atoms with Gasteiger partial charge in [0.05, 0.1) is 18.0 Å². The second-order valence-electron chi connectivity index (χ2n) is 4.64. The van der Waals surface area contributed by atoms with E-state index < -0.39 is 0 Å². The number of aromatic amines is 1. The van der Waals surface area contributed by atoms with Gasteiger partial charge in [-0.2, -0.15) is 5.10 Å². The van der Waals surface area contributed by atoms with E-state index in [2.05, 4.69) is 20.5 Å². The molecule has 1 aliphatic heterocycles. The zero-order valence-corrected chi connectivity index (χ0v) is 11.6. The Bertz CT molecular complexity index is 574. The lowest BCUT2D eigenvalue weighted by Crippen LogP contribution is -2.42. The van der Waals surface area contributed by atoms with E-state index in [1.165, 1.54) is 11.3 Å². The predicted molar refractivity (Wildman–Crippen MR) is 75.5 cm³/mol. The maximum atomic E-state index is 12.2. The third kappa shape index (κ3) is 2.66. The van der Waals surface area contributed by atoms with Crippen LogP contribution in [0.5, 0.6) is 0 Å². The number of anilines is 1. The molecule has 1 saturated heterocycles. The van der Waals surface area contributed by atoms with E-state index in [4.69, 9.17) is 0 Å². The molecule has 0 unspecified atom stereocenters. The first kappa shape index (κ1) is 13.1. The van der Waals surface area contributed by atoms with E-state index in [-0.39, 0.29) is 12.1 Å². The molecule has 0 aromatic carbocycles. The third-order valence-electron chi connectivity index (χ3n) is 3.28. The molecule has 20 heavy (non-hydrogen) atoms. The van der Waals surface area contributed by atoms with Crippen LogP contribution >= 0.6 is 11.3 Å². The number of urea groups is 1. The summed E-state index contributed by atoms with van der Waals surface area (Å²) in [5.41, 5.74) is 1.33. The van der Waals surface area contributed by atoms with Crippen molar-refractivity contribution in [3.8, 4) is 10.7 Å². The lowest BCUT2D eigenvalue weighted by Gasteiger charge is -2.29. The fourth-order valence-corrected chi connectivity index (χ4v) is 2.80. The molecule has 0 radical (unpaired) electrons. The van der Waals surface area contributed by atoms with Gasteiger partial charge in [-0.1, -0.05) is 0 Å². The molecule has 0 saturated carbocycles. The van der Waals surface area contributed by atoms with Crippen molar-refractivity contribution in [3.63, 3.8) is 0 Å². The van der Waals surface area contributed by atoms with Gasteiger partial charge in [-0.25, -0.2) is 9.78 Å². The van der Waals surface area contributed by atoms with Crippen LogP contribution in [-0.4, -0.2) is 50.4 Å². The highest BCUT2D eigenvalue weighted by atomic mass is 32.1. The van der Waals surface area contributed by atoms with Gasteiger partial charge in [0.1, 0.15) is 10.7 Å². The molecule has 2 aromatic rings. The first-order chi connectivity index (χ1) is 9.74. The SMILES string of the molecule is O=C(Nc1cn[nH]c1-c1nccs1)N1CCC(O)CC1. The average molecular weight is 293 g/mol. The number of likely N-dealkylation sites (tertiary alicyclic amines) is 1. The standard InChI is InChI=1S/C12H15N5O2S/c18-8-1-4-17(5-2-8)12(19)15-9-7-14-16-10(9)11-13-3-6-20-11/h3,6-8,18H,1-2,4-5H2,(H,14,16)(H,15,19). The zero-order chi connectivity index (χ0) is 13.9. The Morgan fingerprint density at radius 3 is 3.00 bits per heavy atom. The highest BCUT2D eigenvalue weighted by Crippen LogP contribution is 2.27. The van der Waals surface area contributed by atoms with E-state index in [0.717, 1.165) is 5.01 Å². The number of H-pyrrole nitrogens is 1. The largest absolute Gasteiger partial charge is 0.393 e. The number of thiazole rings is 1. The van der Waals surface area contributed by atoms with Crippen LogP contribution in [0, 0.1) is 0 Å². The maximum absolute atomic E-state index is 12.2. The van der Waals surface area contributed by atoms with Gasteiger partial charge < -0.3 is 15.3 Å². The molecular formula is C12H15N5O2S. The van der Waals surface area contributed by atoms with E-state index in [1.54, 1.807) is 17.3 Å². The Morgan fingerprint density at radius 1 is 1.50 bits per heavy atom. The Labute approximate surface area is 119 Å². The summed E-state index contributed by atoms with van der Waals surface area (Å²) < 4.78 is 0. The molecule has 1 aliphatic rings. The van der Waals surface area contributed by atoms with Gasteiger partial charge in [-0.15, -0.1) is 11.3 Å². The van der Waals surface area contributed by atoms with Crippen molar-refractivity contribution in [2.75, 3.05) is 18.4 Å². The zero-order valence-electron chi connectivity index (χ0n) is 10.7. The summed E-state index contributed by atoms with van der Waals surface area (Å²) >= 11 is 1.48. The normalized spacial score (nSPS) is 16.4. The molecule has 106 valence electrons. The summed E-state index contributed by atoms with van der Waals surface area (Å²) in [6.45, 7) is 1.13. The van der Waals surface area contributed by atoms with E-state index >= 15 is 0 Å². The van der Waals surface area contributed by atoms with Gasteiger partial charge in [0.2, 0.25) is 0 Å². The number of amides is 2. The molecule has 3 N–H and O–H groups in total. The highest BCUT2D eigenvalue weighted by molar-refractivity contribution is 7.13. The van der Waals surface area contributed by atoms with Crippen LogP contribution < -0.4 is 5.32 Å². The minimum atomic E-state index is -0.293. The summed E-state index contributed by atoms with van der Waals surface area (Å²) in [4.78, 5) is 18.1. The van der Waals surface area contributed by atoms with Crippen LogP contribution in [0.25, 0.3) is 10.7 Å². The van der Waals surface area contributed by atoms with Gasteiger partial charge in [-0.05, 0) is 12.8 Å². The van der Waals surface area contributed by atoms with Crippen LogP contribution in [0.2, 0.25) is 0 Å². The lowest BCUT2D eigenvalue weighted by atomic mass is 10.1.